The first-order chi connectivity index (χ1) is 23.8. The summed E-state index contributed by atoms with van der Waals surface area (Å²) in [4.78, 5) is 2.34. The molecule has 0 fully saturated rings. The van der Waals surface area contributed by atoms with Crippen molar-refractivity contribution in [2.75, 3.05) is 4.90 Å². The average molecular weight is 612 g/mol. The third-order valence-corrected chi connectivity index (χ3v) is 9.76. The van der Waals surface area contributed by atoms with Crippen LogP contribution in [-0.4, -0.2) is 0 Å². The number of hydrogen-bond acceptors (Lipinski definition) is 2. The van der Waals surface area contributed by atoms with E-state index in [2.05, 4.69) is 181 Å². The molecular weight excluding hydrogens is 583 g/mol. The summed E-state index contributed by atoms with van der Waals surface area (Å²) < 4.78 is 6.55. The second-order valence-corrected chi connectivity index (χ2v) is 12.6. The maximum Gasteiger partial charge on any atom is 0.136 e. The first kappa shape index (κ1) is 26.8. The highest BCUT2D eigenvalue weighted by Crippen LogP contribution is 2.49. The van der Waals surface area contributed by atoms with Crippen molar-refractivity contribution in [3.05, 3.63) is 176 Å². The smallest absolute Gasteiger partial charge is 0.136 e. The number of ether oxygens (including phenoxy) is 1. The summed E-state index contributed by atoms with van der Waals surface area (Å²) >= 11 is 0. The van der Waals surface area contributed by atoms with Crippen molar-refractivity contribution >= 4 is 60.2 Å². The molecule has 0 saturated heterocycles. The first-order valence-electron chi connectivity index (χ1n) is 16.4. The molecule has 9 aromatic carbocycles. The van der Waals surface area contributed by atoms with Gasteiger partial charge in [-0.05, 0) is 115 Å². The number of fused-ring (bicyclic) bond motifs is 6. The van der Waals surface area contributed by atoms with Crippen LogP contribution >= 0.6 is 0 Å². The summed E-state index contributed by atoms with van der Waals surface area (Å²) in [7, 11) is 0. The fourth-order valence-corrected chi connectivity index (χ4v) is 7.45. The summed E-state index contributed by atoms with van der Waals surface area (Å²) in [6.07, 6.45) is 0. The van der Waals surface area contributed by atoms with Crippen LogP contribution in [0.3, 0.4) is 0 Å². The van der Waals surface area contributed by atoms with Gasteiger partial charge in [-0.25, -0.2) is 0 Å². The lowest BCUT2D eigenvalue weighted by Crippen LogP contribution is -2.09. The minimum Gasteiger partial charge on any atom is -0.456 e. The Hall–Kier alpha value is -6.38. The van der Waals surface area contributed by atoms with Crippen LogP contribution in [0.1, 0.15) is 0 Å². The van der Waals surface area contributed by atoms with Gasteiger partial charge in [-0.3, -0.25) is 0 Å². The van der Waals surface area contributed by atoms with Crippen LogP contribution in [0.2, 0.25) is 0 Å². The van der Waals surface area contributed by atoms with Crippen LogP contribution in [-0.2, 0) is 0 Å². The summed E-state index contributed by atoms with van der Waals surface area (Å²) in [6.45, 7) is 0. The number of nitrogens with zero attached hydrogens (tertiary/aromatic N) is 1. The van der Waals surface area contributed by atoms with E-state index >= 15 is 0 Å². The van der Waals surface area contributed by atoms with Gasteiger partial charge in [-0.1, -0.05) is 115 Å². The molecule has 1 aliphatic rings. The molecule has 1 heterocycles. The topological polar surface area (TPSA) is 12.5 Å². The maximum absolute atomic E-state index is 6.55. The van der Waals surface area contributed by atoms with Crippen LogP contribution in [0.5, 0.6) is 11.5 Å². The number of anilines is 3. The van der Waals surface area contributed by atoms with Gasteiger partial charge in [0.1, 0.15) is 11.5 Å². The van der Waals surface area contributed by atoms with Crippen molar-refractivity contribution < 1.29 is 4.74 Å². The highest BCUT2D eigenvalue weighted by molar-refractivity contribution is 6.16. The van der Waals surface area contributed by atoms with E-state index in [0.29, 0.717) is 0 Å². The van der Waals surface area contributed by atoms with Crippen molar-refractivity contribution in [2.45, 2.75) is 0 Å². The number of benzene rings is 9. The van der Waals surface area contributed by atoms with Crippen LogP contribution in [0.25, 0.3) is 65.3 Å². The van der Waals surface area contributed by atoms with Crippen LogP contribution in [0.15, 0.2) is 176 Å². The van der Waals surface area contributed by atoms with E-state index < -0.39 is 0 Å². The van der Waals surface area contributed by atoms with Crippen LogP contribution in [0, 0.1) is 0 Å². The van der Waals surface area contributed by atoms with Gasteiger partial charge >= 0.3 is 0 Å². The molecule has 0 aromatic heterocycles. The Labute approximate surface area is 278 Å². The Morgan fingerprint density at radius 1 is 0.333 bits per heavy atom. The molecule has 0 bridgehead atoms. The fraction of sp³-hybridized carbons (Fsp3) is 0. The maximum atomic E-state index is 6.55. The molecule has 9 aromatic rings. The van der Waals surface area contributed by atoms with Crippen molar-refractivity contribution in [1.29, 1.82) is 0 Å². The number of para-hydroxylation sites is 1. The van der Waals surface area contributed by atoms with Gasteiger partial charge < -0.3 is 9.64 Å². The monoisotopic (exact) mass is 611 g/mol. The highest BCUT2D eigenvalue weighted by atomic mass is 16.5. The van der Waals surface area contributed by atoms with Crippen LogP contribution < -0.4 is 9.64 Å². The van der Waals surface area contributed by atoms with Crippen LogP contribution in [0.4, 0.5) is 17.1 Å². The zero-order valence-corrected chi connectivity index (χ0v) is 26.1. The predicted molar refractivity (Wildman–Crippen MR) is 202 cm³/mol. The van der Waals surface area contributed by atoms with E-state index in [-0.39, 0.29) is 0 Å². The Morgan fingerprint density at radius 3 is 1.81 bits per heavy atom. The van der Waals surface area contributed by atoms with Crippen molar-refractivity contribution in [3.63, 3.8) is 0 Å². The molecule has 0 atom stereocenters. The van der Waals surface area contributed by atoms with Gasteiger partial charge in [0.25, 0.3) is 0 Å². The van der Waals surface area contributed by atoms with Gasteiger partial charge in [-0.15, -0.1) is 0 Å². The predicted octanol–water partition coefficient (Wildman–Crippen LogP) is 13.2. The second-order valence-electron chi connectivity index (χ2n) is 12.6. The van der Waals surface area contributed by atoms with Gasteiger partial charge in [0.2, 0.25) is 0 Å². The summed E-state index contributed by atoms with van der Waals surface area (Å²) in [5.74, 6) is 1.82. The fourth-order valence-electron chi connectivity index (χ4n) is 7.45. The molecular formula is C46H29NO. The molecule has 2 heteroatoms. The molecule has 1 aliphatic heterocycles. The molecule has 0 radical (unpaired) electrons. The molecule has 0 unspecified atom stereocenters. The molecule has 10 rings (SSSR count). The molecule has 0 spiro atoms. The molecule has 0 N–H and O–H groups in total. The Bertz CT molecular complexity index is 2710. The van der Waals surface area contributed by atoms with Crippen molar-refractivity contribution in [1.82, 2.24) is 0 Å². The van der Waals surface area contributed by atoms with Gasteiger partial charge in [0.05, 0.1) is 0 Å². The lowest BCUT2D eigenvalue weighted by atomic mass is 9.90. The van der Waals surface area contributed by atoms with E-state index in [1.165, 1.54) is 59.8 Å². The minimum absolute atomic E-state index is 0.897. The van der Waals surface area contributed by atoms with Crippen molar-refractivity contribution in [3.8, 4) is 33.8 Å². The van der Waals surface area contributed by atoms with E-state index in [9.17, 15) is 0 Å². The highest BCUT2D eigenvalue weighted by Gasteiger charge is 2.22. The Balaban J connectivity index is 1.05. The number of hydrogen-bond donors (Lipinski definition) is 0. The van der Waals surface area contributed by atoms with Crippen molar-refractivity contribution in [2.24, 2.45) is 0 Å². The van der Waals surface area contributed by atoms with E-state index in [0.717, 1.165) is 34.1 Å². The molecule has 0 amide bonds. The molecule has 48 heavy (non-hydrogen) atoms. The molecule has 224 valence electrons. The first-order valence-corrected chi connectivity index (χ1v) is 16.4. The summed E-state index contributed by atoms with van der Waals surface area (Å²) in [5.41, 5.74) is 8.10. The van der Waals surface area contributed by atoms with Gasteiger partial charge in [-0.2, -0.15) is 0 Å². The Morgan fingerprint density at radius 2 is 0.958 bits per heavy atom. The third-order valence-electron chi connectivity index (χ3n) is 9.76. The molecule has 0 saturated carbocycles. The average Bonchev–Trinajstić information content (AvgIpc) is 3.15. The Kier molecular flexibility index (Phi) is 5.91. The zero-order chi connectivity index (χ0) is 31.6. The number of rotatable bonds is 4. The summed E-state index contributed by atoms with van der Waals surface area (Å²) in [6, 6.07) is 63.3. The molecule has 2 nitrogen and oxygen atoms in total. The van der Waals surface area contributed by atoms with E-state index in [4.69, 9.17) is 4.74 Å². The SMILES string of the molecule is c1ccc(N(c2ccc3ccccc3c2)c2ccc3cc(-c4ccc5c(c4)-c4cccc6c4c(cc4ccccc46)O5)ccc3c2)cc1. The van der Waals surface area contributed by atoms with Gasteiger partial charge in [0, 0.05) is 28.0 Å². The summed E-state index contributed by atoms with van der Waals surface area (Å²) in [5, 5.41) is 9.73. The minimum atomic E-state index is 0.897. The van der Waals surface area contributed by atoms with E-state index in [1.54, 1.807) is 0 Å². The quantitative estimate of drug-likeness (QED) is 0.184. The largest absolute Gasteiger partial charge is 0.456 e. The normalized spacial score (nSPS) is 11.9. The second kappa shape index (κ2) is 10.6. The third kappa shape index (κ3) is 4.27. The lowest BCUT2D eigenvalue weighted by Gasteiger charge is -2.26. The lowest BCUT2D eigenvalue weighted by molar-refractivity contribution is 0.488. The van der Waals surface area contributed by atoms with Gasteiger partial charge in [0.15, 0.2) is 0 Å². The van der Waals surface area contributed by atoms with E-state index in [1.807, 2.05) is 0 Å². The zero-order valence-electron chi connectivity index (χ0n) is 26.1. The standard InChI is InChI=1S/C46H29NO/c1-2-12-37(13-3-1)47(38-22-19-30-9-4-5-10-31(30)26-38)39-23-20-33-25-32(17-18-34(33)27-39)35-21-24-44-43(28-35)42-16-8-15-41-40-14-7-6-11-36(40)29-45(48-44)46(41)42/h1-29H. The molecule has 0 aliphatic carbocycles.